The topological polar surface area (TPSA) is 68.3 Å². The highest BCUT2D eigenvalue weighted by Gasteiger charge is 2.43. The van der Waals surface area contributed by atoms with Crippen LogP contribution in [0.15, 0.2) is 0 Å². The molecule has 0 amide bonds. The maximum absolute atomic E-state index is 12.5. The number of hydrogen-bond acceptors (Lipinski definition) is 4. The van der Waals surface area contributed by atoms with Crippen molar-refractivity contribution in [2.75, 3.05) is 23.0 Å². The third-order valence-corrected chi connectivity index (χ3v) is 10.4. The molecule has 1 aliphatic rings. The molecule has 7 heteroatoms. The van der Waals surface area contributed by atoms with E-state index in [0.29, 0.717) is 11.5 Å². The van der Waals surface area contributed by atoms with E-state index in [2.05, 4.69) is 13.8 Å². The molecule has 0 bridgehead atoms. The Morgan fingerprint density at radius 2 is 1.13 bits per heavy atom. The van der Waals surface area contributed by atoms with E-state index < -0.39 is 41.9 Å². The summed E-state index contributed by atoms with van der Waals surface area (Å²) in [5, 5.41) is -0.845. The van der Waals surface area contributed by atoms with Gasteiger partial charge in [-0.3, -0.25) is 8.42 Å². The first-order valence-corrected chi connectivity index (χ1v) is 13.4. The third kappa shape index (κ3) is 7.78. The van der Waals surface area contributed by atoms with Gasteiger partial charge < -0.3 is 0 Å². The van der Waals surface area contributed by atoms with E-state index in [0.717, 1.165) is 51.4 Å². The maximum atomic E-state index is 12.5. The zero-order chi connectivity index (χ0) is 17.3. The first-order valence-electron chi connectivity index (χ1n) is 8.86. The van der Waals surface area contributed by atoms with Crippen molar-refractivity contribution < 1.29 is 16.8 Å². The fourth-order valence-corrected chi connectivity index (χ4v) is 10.4. The predicted molar refractivity (Wildman–Crippen MR) is 101 cm³/mol. The Labute approximate surface area is 147 Å². The zero-order valence-electron chi connectivity index (χ0n) is 14.5. The summed E-state index contributed by atoms with van der Waals surface area (Å²) in [4.78, 5) is 0. The van der Waals surface area contributed by atoms with Gasteiger partial charge in [0, 0.05) is 33.1 Å². The molecule has 3 unspecified atom stereocenters. The third-order valence-electron chi connectivity index (χ3n) is 4.32. The van der Waals surface area contributed by atoms with Crippen LogP contribution in [0.5, 0.6) is 0 Å². The number of hydrogen-bond donors (Lipinski definition) is 0. The molecule has 1 rings (SSSR count). The van der Waals surface area contributed by atoms with E-state index >= 15 is 0 Å². The molecule has 0 N–H and O–H groups in total. The van der Waals surface area contributed by atoms with Crippen LogP contribution in [-0.2, 0) is 31.4 Å². The van der Waals surface area contributed by atoms with Crippen LogP contribution in [0.3, 0.4) is 0 Å². The van der Waals surface area contributed by atoms with Gasteiger partial charge in [0.15, 0.2) is 9.84 Å². The first-order chi connectivity index (χ1) is 10.9. The van der Waals surface area contributed by atoms with Gasteiger partial charge in [0.2, 0.25) is 0 Å². The minimum absolute atomic E-state index is 0.0429. The molecule has 0 radical (unpaired) electrons. The maximum Gasteiger partial charge on any atom is 0.152 e. The molecule has 138 valence electrons. The molecule has 0 aromatic rings. The van der Waals surface area contributed by atoms with Crippen LogP contribution in [0.1, 0.15) is 65.2 Å². The van der Waals surface area contributed by atoms with Crippen LogP contribution in [0.2, 0.25) is 0 Å². The van der Waals surface area contributed by atoms with Crippen molar-refractivity contribution in [2.45, 2.75) is 75.7 Å². The number of unbranched alkanes of at least 4 members (excludes halogenated alkanes) is 6. The van der Waals surface area contributed by atoms with Crippen LogP contribution in [-0.4, -0.2) is 50.3 Å². The van der Waals surface area contributed by atoms with Crippen LogP contribution < -0.4 is 0 Å². The van der Waals surface area contributed by atoms with Crippen LogP contribution in [0.25, 0.3) is 0 Å². The summed E-state index contributed by atoms with van der Waals surface area (Å²) in [5.74, 6) is 1.00. The highest BCUT2D eigenvalue weighted by atomic mass is 32.2. The molecule has 0 aliphatic carbocycles. The van der Waals surface area contributed by atoms with E-state index in [4.69, 9.17) is 0 Å². The molecular formula is C16H32O4S3. The Morgan fingerprint density at radius 1 is 0.739 bits per heavy atom. The van der Waals surface area contributed by atoms with Crippen molar-refractivity contribution in [3.63, 3.8) is 0 Å². The lowest BCUT2D eigenvalue weighted by atomic mass is 10.2. The smallest absolute Gasteiger partial charge is 0.152 e. The molecule has 1 fully saturated rings. The number of sulfone groups is 1. The Hall–Kier alpha value is 0.250. The summed E-state index contributed by atoms with van der Waals surface area (Å²) < 4.78 is 48.9. The summed E-state index contributed by atoms with van der Waals surface area (Å²) in [6, 6.07) is 0. The summed E-state index contributed by atoms with van der Waals surface area (Å²) in [7, 11) is -5.55. The largest absolute Gasteiger partial charge is 0.259 e. The van der Waals surface area contributed by atoms with E-state index in [1.54, 1.807) is 0 Å². The Balaban J connectivity index is 2.56. The standard InChI is InChI=1S/C16H32O4S3/c1-3-5-7-9-11-21(17)15-13-23(19,20)14-16(15)22(18)12-10-8-6-4-2/h15-16H,3-14H2,1-2H3/t15-,16?,21?,22?/m1/s1. The van der Waals surface area contributed by atoms with Gasteiger partial charge >= 0.3 is 0 Å². The van der Waals surface area contributed by atoms with Gasteiger partial charge in [-0.05, 0) is 12.8 Å². The van der Waals surface area contributed by atoms with Crippen LogP contribution in [0.4, 0.5) is 0 Å². The quantitative estimate of drug-likeness (QED) is 0.485. The Kier molecular flexibility index (Phi) is 10.2. The van der Waals surface area contributed by atoms with Gasteiger partial charge in [-0.2, -0.15) is 0 Å². The molecule has 23 heavy (non-hydrogen) atoms. The first kappa shape index (κ1) is 21.3. The molecule has 4 nitrogen and oxygen atoms in total. The molecule has 4 atom stereocenters. The second-order valence-corrected chi connectivity index (χ2v) is 12.1. The average molecular weight is 385 g/mol. The van der Waals surface area contributed by atoms with Crippen molar-refractivity contribution in [3.05, 3.63) is 0 Å². The van der Waals surface area contributed by atoms with Gasteiger partial charge in [0.05, 0.1) is 22.0 Å². The van der Waals surface area contributed by atoms with E-state index in [-0.39, 0.29) is 11.5 Å². The zero-order valence-corrected chi connectivity index (χ0v) is 16.9. The van der Waals surface area contributed by atoms with Crippen LogP contribution in [0, 0.1) is 0 Å². The molecule has 0 saturated carbocycles. The highest BCUT2D eigenvalue weighted by molar-refractivity contribution is 7.97. The fraction of sp³-hybridized carbons (Fsp3) is 1.00. The van der Waals surface area contributed by atoms with Gasteiger partial charge in [0.25, 0.3) is 0 Å². The van der Waals surface area contributed by atoms with Crippen LogP contribution >= 0.6 is 0 Å². The molecule has 1 saturated heterocycles. The Bertz CT molecular complexity index is 450. The van der Waals surface area contributed by atoms with Crippen molar-refractivity contribution in [2.24, 2.45) is 0 Å². The number of rotatable bonds is 12. The van der Waals surface area contributed by atoms with Gasteiger partial charge in [0.1, 0.15) is 0 Å². The van der Waals surface area contributed by atoms with Gasteiger partial charge in [-0.1, -0.05) is 52.4 Å². The van der Waals surface area contributed by atoms with Crippen molar-refractivity contribution in [1.82, 2.24) is 0 Å². The van der Waals surface area contributed by atoms with Gasteiger partial charge in [-0.25, -0.2) is 8.42 Å². The predicted octanol–water partition coefficient (Wildman–Crippen LogP) is 2.81. The fourth-order valence-electron chi connectivity index (χ4n) is 2.92. The highest BCUT2D eigenvalue weighted by Crippen LogP contribution is 2.24. The lowest BCUT2D eigenvalue weighted by molar-refractivity contribution is 0.602. The monoisotopic (exact) mass is 384 g/mol. The van der Waals surface area contributed by atoms with E-state index in [1.165, 1.54) is 0 Å². The second kappa shape index (κ2) is 11.0. The van der Waals surface area contributed by atoms with Crippen molar-refractivity contribution in [3.8, 4) is 0 Å². The molecular weight excluding hydrogens is 352 g/mol. The molecule has 0 aromatic heterocycles. The van der Waals surface area contributed by atoms with E-state index in [1.807, 2.05) is 0 Å². The molecule has 0 spiro atoms. The lowest BCUT2D eigenvalue weighted by Crippen LogP contribution is -2.34. The Morgan fingerprint density at radius 3 is 1.48 bits per heavy atom. The van der Waals surface area contributed by atoms with Crippen molar-refractivity contribution in [1.29, 1.82) is 0 Å². The minimum atomic E-state index is -3.19. The summed E-state index contributed by atoms with van der Waals surface area (Å²) in [5.41, 5.74) is 0. The SMILES string of the molecule is CCCCCCS(=O)C1CS(=O)(=O)C[C@H]1S(=O)CCCCCC. The minimum Gasteiger partial charge on any atom is -0.259 e. The summed E-state index contributed by atoms with van der Waals surface area (Å²) >= 11 is 0. The van der Waals surface area contributed by atoms with Crippen molar-refractivity contribution >= 4 is 31.4 Å². The molecule has 1 aliphatic heterocycles. The second-order valence-electron chi connectivity index (χ2n) is 6.44. The molecule has 1 heterocycles. The normalized spacial score (nSPS) is 26.2. The summed E-state index contributed by atoms with van der Waals surface area (Å²) in [6.07, 6.45) is 8.28. The average Bonchev–Trinajstić information content (AvgIpc) is 2.84. The van der Waals surface area contributed by atoms with E-state index in [9.17, 15) is 16.8 Å². The molecule has 0 aromatic carbocycles. The van der Waals surface area contributed by atoms with Gasteiger partial charge in [-0.15, -0.1) is 0 Å². The lowest BCUT2D eigenvalue weighted by Gasteiger charge is -2.17. The summed E-state index contributed by atoms with van der Waals surface area (Å²) in [6.45, 7) is 4.25.